The summed E-state index contributed by atoms with van der Waals surface area (Å²) in [5.41, 5.74) is 0.501. The van der Waals surface area contributed by atoms with Crippen LogP contribution in [0.5, 0.6) is 5.75 Å². The van der Waals surface area contributed by atoms with Crippen LogP contribution in [0.3, 0.4) is 0 Å². The van der Waals surface area contributed by atoms with Gasteiger partial charge < -0.3 is 5.11 Å². The maximum Gasteiger partial charge on any atom is 0.269 e. The second kappa shape index (κ2) is 10.2. The van der Waals surface area contributed by atoms with E-state index in [0.29, 0.717) is 16.6 Å². The average Bonchev–Trinajstić information content (AvgIpc) is 3.45. The van der Waals surface area contributed by atoms with Gasteiger partial charge in [0.25, 0.3) is 5.69 Å². The minimum absolute atomic E-state index is 0.0106. The number of rotatable bonds is 4. The van der Waals surface area contributed by atoms with Gasteiger partial charge in [0.05, 0.1) is 39.5 Å². The van der Waals surface area contributed by atoms with Gasteiger partial charge in [0, 0.05) is 29.0 Å². The Balaban J connectivity index is 1.28. The van der Waals surface area contributed by atoms with E-state index < -0.39 is 51.7 Å². The molecule has 2 aliphatic heterocycles. The van der Waals surface area contributed by atoms with Crippen molar-refractivity contribution in [1.82, 2.24) is 0 Å². The van der Waals surface area contributed by atoms with E-state index in [1.54, 1.807) is 49.4 Å². The SMILES string of the molecule is CC12C(=O)N(c3ccccc3)C(=O)C1CC1C(=CCC3C(=O)N(c4ccc([N+](=O)[O-])cc4)C(=O)C31)C2c1ccc2ccccc2c1O. The van der Waals surface area contributed by atoms with Crippen LogP contribution in [0.4, 0.5) is 17.1 Å². The second-order valence-electron chi connectivity index (χ2n) is 13.0. The van der Waals surface area contributed by atoms with Crippen LogP contribution in [0.15, 0.2) is 103 Å². The predicted octanol–water partition coefficient (Wildman–Crippen LogP) is 5.89. The summed E-state index contributed by atoms with van der Waals surface area (Å²) >= 11 is 0. The molecule has 4 aromatic rings. The van der Waals surface area contributed by atoms with Crippen LogP contribution in [-0.4, -0.2) is 33.7 Å². The molecule has 0 spiro atoms. The maximum atomic E-state index is 14.6. The number of nitro benzene ring substituents is 1. The van der Waals surface area contributed by atoms with Crippen molar-refractivity contribution in [3.8, 4) is 5.75 Å². The third-order valence-electron chi connectivity index (χ3n) is 10.9. The van der Waals surface area contributed by atoms with Crippen molar-refractivity contribution in [3.63, 3.8) is 0 Å². The topological polar surface area (TPSA) is 138 Å². The van der Waals surface area contributed by atoms with Gasteiger partial charge in [-0.1, -0.05) is 66.2 Å². The summed E-state index contributed by atoms with van der Waals surface area (Å²) in [6.45, 7) is 1.79. The molecule has 1 saturated carbocycles. The van der Waals surface area contributed by atoms with E-state index in [0.717, 1.165) is 15.9 Å². The summed E-state index contributed by atoms with van der Waals surface area (Å²) in [5, 5.41) is 24.4. The number of allylic oxidation sites excluding steroid dienone is 2. The lowest BCUT2D eigenvalue weighted by atomic mass is 9.51. The zero-order chi connectivity index (χ0) is 32.8. The summed E-state index contributed by atoms with van der Waals surface area (Å²) in [7, 11) is 0. The number of imide groups is 2. The number of nitrogens with zero attached hydrogens (tertiary/aromatic N) is 3. The molecule has 234 valence electrons. The summed E-state index contributed by atoms with van der Waals surface area (Å²) < 4.78 is 0. The van der Waals surface area contributed by atoms with Crippen molar-refractivity contribution < 1.29 is 29.2 Å². The van der Waals surface area contributed by atoms with Crippen LogP contribution < -0.4 is 9.80 Å². The Kier molecular flexibility index (Phi) is 6.24. The molecule has 0 bridgehead atoms. The van der Waals surface area contributed by atoms with E-state index in [2.05, 4.69) is 0 Å². The van der Waals surface area contributed by atoms with Crippen molar-refractivity contribution in [2.45, 2.75) is 25.7 Å². The first-order chi connectivity index (χ1) is 22.6. The minimum Gasteiger partial charge on any atom is -0.507 e. The van der Waals surface area contributed by atoms with Crippen LogP contribution in [0.25, 0.3) is 10.8 Å². The number of hydrogen-bond acceptors (Lipinski definition) is 7. The highest BCUT2D eigenvalue weighted by atomic mass is 16.6. The quantitative estimate of drug-likeness (QED) is 0.129. The number of phenols is 1. The minimum atomic E-state index is -1.29. The smallest absolute Gasteiger partial charge is 0.269 e. The molecule has 2 heterocycles. The van der Waals surface area contributed by atoms with E-state index in [9.17, 15) is 34.4 Å². The fourth-order valence-electron chi connectivity index (χ4n) is 8.67. The Hall–Kier alpha value is -5.64. The van der Waals surface area contributed by atoms with Gasteiger partial charge in [-0.3, -0.25) is 34.2 Å². The zero-order valence-electron chi connectivity index (χ0n) is 25.3. The van der Waals surface area contributed by atoms with Crippen LogP contribution in [-0.2, 0) is 19.2 Å². The molecule has 6 atom stereocenters. The monoisotopic (exact) mass is 627 g/mol. The molecule has 0 aromatic heterocycles. The molecule has 47 heavy (non-hydrogen) atoms. The second-order valence-corrected chi connectivity index (χ2v) is 13.0. The molecule has 10 nitrogen and oxygen atoms in total. The van der Waals surface area contributed by atoms with Gasteiger partial charge in [-0.15, -0.1) is 0 Å². The van der Waals surface area contributed by atoms with E-state index in [-0.39, 0.29) is 41.8 Å². The Labute approximate surface area is 269 Å². The predicted molar refractivity (Wildman–Crippen MR) is 172 cm³/mol. The van der Waals surface area contributed by atoms with Gasteiger partial charge in [-0.05, 0) is 55.3 Å². The number of hydrogen-bond donors (Lipinski definition) is 1. The zero-order valence-corrected chi connectivity index (χ0v) is 25.3. The first-order valence-electron chi connectivity index (χ1n) is 15.6. The Morgan fingerprint density at radius 2 is 1.47 bits per heavy atom. The molecule has 10 heteroatoms. The van der Waals surface area contributed by atoms with Crippen molar-refractivity contribution in [2.75, 3.05) is 9.80 Å². The molecule has 3 fully saturated rings. The molecule has 6 unspecified atom stereocenters. The highest BCUT2D eigenvalue weighted by Crippen LogP contribution is 2.64. The molecular formula is C37H29N3O7. The normalized spacial score (nSPS) is 28.3. The molecule has 8 rings (SSSR count). The summed E-state index contributed by atoms with van der Waals surface area (Å²) in [6.07, 6.45) is 2.34. The van der Waals surface area contributed by atoms with Gasteiger partial charge >= 0.3 is 0 Å². The molecule has 0 radical (unpaired) electrons. The number of fused-ring (bicyclic) bond motifs is 5. The van der Waals surface area contributed by atoms with Crippen LogP contribution >= 0.6 is 0 Å². The number of amides is 4. The molecule has 2 saturated heterocycles. The number of para-hydroxylation sites is 1. The number of nitro groups is 1. The molecule has 4 aromatic carbocycles. The maximum absolute atomic E-state index is 14.6. The number of non-ortho nitro benzene ring substituents is 1. The Bertz CT molecular complexity index is 2070. The van der Waals surface area contributed by atoms with E-state index >= 15 is 0 Å². The molecule has 4 aliphatic rings. The molecule has 4 amide bonds. The fraction of sp³-hybridized carbons (Fsp3) is 0.243. The highest BCUT2D eigenvalue weighted by molar-refractivity contribution is 6.25. The van der Waals surface area contributed by atoms with Crippen molar-refractivity contribution in [2.24, 2.45) is 29.1 Å². The van der Waals surface area contributed by atoms with Crippen LogP contribution in [0.2, 0.25) is 0 Å². The first kappa shape index (κ1) is 28.8. The third kappa shape index (κ3) is 3.90. The Morgan fingerprint density at radius 1 is 0.787 bits per heavy atom. The number of phenolic OH excluding ortho intramolecular Hbond substituents is 1. The summed E-state index contributed by atoms with van der Waals surface area (Å²) in [5.74, 6) is -5.22. The lowest BCUT2D eigenvalue weighted by molar-refractivity contribution is -0.384. The van der Waals surface area contributed by atoms with Gasteiger partial charge in [0.1, 0.15) is 5.75 Å². The van der Waals surface area contributed by atoms with Gasteiger partial charge in [-0.25, -0.2) is 4.90 Å². The summed E-state index contributed by atoms with van der Waals surface area (Å²) in [6, 6.07) is 25.1. The number of benzene rings is 4. The molecule has 2 aliphatic carbocycles. The Morgan fingerprint density at radius 3 is 2.19 bits per heavy atom. The molecular weight excluding hydrogens is 598 g/mol. The van der Waals surface area contributed by atoms with Crippen molar-refractivity contribution >= 4 is 51.5 Å². The number of anilines is 2. The van der Waals surface area contributed by atoms with Crippen LogP contribution in [0.1, 0.15) is 31.2 Å². The lowest BCUT2D eigenvalue weighted by Crippen LogP contribution is -2.48. The van der Waals surface area contributed by atoms with Crippen LogP contribution in [0, 0.1) is 39.2 Å². The first-order valence-corrected chi connectivity index (χ1v) is 15.6. The fourth-order valence-corrected chi connectivity index (χ4v) is 8.67. The van der Waals surface area contributed by atoms with Crippen molar-refractivity contribution in [1.29, 1.82) is 0 Å². The van der Waals surface area contributed by atoms with Gasteiger partial charge in [-0.2, -0.15) is 0 Å². The summed E-state index contributed by atoms with van der Waals surface area (Å²) in [4.78, 5) is 70.0. The average molecular weight is 628 g/mol. The lowest BCUT2D eigenvalue weighted by Gasteiger charge is -2.49. The van der Waals surface area contributed by atoms with Gasteiger partial charge in [0.15, 0.2) is 0 Å². The van der Waals surface area contributed by atoms with Crippen molar-refractivity contribution in [3.05, 3.63) is 118 Å². The molecule has 1 N–H and O–H groups in total. The number of aromatic hydroxyl groups is 1. The number of carbonyl (C=O) groups excluding carboxylic acids is 4. The van der Waals surface area contributed by atoms with Gasteiger partial charge in [0.2, 0.25) is 23.6 Å². The van der Waals surface area contributed by atoms with E-state index in [1.165, 1.54) is 29.2 Å². The third-order valence-corrected chi connectivity index (χ3v) is 10.9. The van der Waals surface area contributed by atoms with E-state index in [4.69, 9.17) is 0 Å². The number of carbonyl (C=O) groups is 4. The highest BCUT2D eigenvalue weighted by Gasteiger charge is 2.68. The largest absolute Gasteiger partial charge is 0.507 e. The standard InChI is InChI=1S/C37H29N3O7/c1-37-29(34(43)39(36(37)45)21-8-3-2-4-9-21)19-28-25(31(37)27-16-11-20-7-5-6-10-24(20)32(27)41)17-18-26-30(28)35(44)38(33(26)42)22-12-14-23(15-13-22)40(46)47/h2-17,26,28-31,41H,18-19H2,1H3. The van der Waals surface area contributed by atoms with E-state index in [1.807, 2.05) is 30.3 Å².